The minimum absolute atomic E-state index is 0.00446. The highest BCUT2D eigenvalue weighted by atomic mass is 19.1. The Morgan fingerprint density at radius 3 is 2.84 bits per heavy atom. The molecule has 3 aliphatic rings. The lowest BCUT2D eigenvalue weighted by Gasteiger charge is -2.39. The number of hydrogen-bond acceptors (Lipinski definition) is 5. The van der Waals surface area contributed by atoms with Crippen molar-refractivity contribution in [1.29, 1.82) is 0 Å². The van der Waals surface area contributed by atoms with Crippen LogP contribution in [0.4, 0.5) is 8.78 Å². The molecule has 32 heavy (non-hydrogen) atoms. The Morgan fingerprint density at radius 1 is 1.28 bits per heavy atom. The molecule has 1 saturated carbocycles. The molecule has 1 amide bonds. The number of likely N-dealkylation sites (tertiary alicyclic amines) is 1. The highest BCUT2D eigenvalue weighted by molar-refractivity contribution is 5.78. The van der Waals surface area contributed by atoms with Gasteiger partial charge in [-0.15, -0.1) is 0 Å². The number of nitrogens with one attached hydrogen (secondary N) is 3. The van der Waals surface area contributed by atoms with Gasteiger partial charge in [-0.2, -0.15) is 5.10 Å². The van der Waals surface area contributed by atoms with Gasteiger partial charge in [0.15, 0.2) is 11.6 Å². The van der Waals surface area contributed by atoms with Gasteiger partial charge < -0.3 is 20.3 Å². The molecule has 1 aromatic heterocycles. The summed E-state index contributed by atoms with van der Waals surface area (Å²) in [7, 11) is 0. The Morgan fingerprint density at radius 2 is 2.12 bits per heavy atom. The fourth-order valence-corrected chi connectivity index (χ4v) is 5.07. The number of carbonyl (C=O) groups excluding carboxylic acids is 1. The number of nitrogens with zero attached hydrogens (tertiary/aromatic N) is 2. The van der Waals surface area contributed by atoms with Gasteiger partial charge in [0, 0.05) is 49.4 Å². The molecule has 5 rings (SSSR count). The van der Waals surface area contributed by atoms with Crippen molar-refractivity contribution in [3.05, 3.63) is 47.3 Å². The monoisotopic (exact) mass is 445 g/mol. The fraction of sp³-hybridized carbons (Fsp3) is 0.565. The summed E-state index contributed by atoms with van der Waals surface area (Å²) in [6, 6.07) is 3.91. The van der Waals surface area contributed by atoms with E-state index in [1.54, 1.807) is 12.3 Å². The van der Waals surface area contributed by atoms with Crippen LogP contribution in [0.15, 0.2) is 24.4 Å². The third kappa shape index (κ3) is 4.49. The predicted molar refractivity (Wildman–Crippen MR) is 114 cm³/mol. The van der Waals surface area contributed by atoms with Gasteiger partial charge in [-0.25, -0.2) is 8.78 Å². The SMILES string of the molecule is O=C(CN[C@@H]1C[C@H]1c1cc(F)cc(F)c1OCc1ccn[nH]1)N1CCC2(CCNC2)CC1. The Kier molecular flexibility index (Phi) is 5.86. The van der Waals surface area contributed by atoms with E-state index in [4.69, 9.17) is 4.74 Å². The molecule has 7 nitrogen and oxygen atoms in total. The van der Waals surface area contributed by atoms with Crippen molar-refractivity contribution < 1.29 is 18.3 Å². The van der Waals surface area contributed by atoms with E-state index >= 15 is 0 Å². The number of benzene rings is 1. The number of amides is 1. The van der Waals surface area contributed by atoms with Crippen LogP contribution in [-0.4, -0.2) is 59.8 Å². The van der Waals surface area contributed by atoms with Crippen LogP contribution in [0.5, 0.6) is 5.75 Å². The second-order valence-electron chi connectivity index (χ2n) is 9.31. The number of rotatable bonds is 7. The summed E-state index contributed by atoms with van der Waals surface area (Å²) in [4.78, 5) is 14.6. The lowest BCUT2D eigenvalue weighted by atomic mass is 9.78. The Hall–Kier alpha value is -2.52. The molecule has 1 spiro atoms. The summed E-state index contributed by atoms with van der Waals surface area (Å²) in [6.07, 6.45) is 5.61. The summed E-state index contributed by atoms with van der Waals surface area (Å²) in [6.45, 7) is 4.10. The van der Waals surface area contributed by atoms with Gasteiger partial charge in [0.2, 0.25) is 5.91 Å². The smallest absolute Gasteiger partial charge is 0.236 e. The second kappa shape index (κ2) is 8.78. The van der Waals surface area contributed by atoms with Crippen molar-refractivity contribution in [2.24, 2.45) is 5.41 Å². The minimum atomic E-state index is -0.718. The van der Waals surface area contributed by atoms with E-state index in [9.17, 15) is 13.6 Å². The van der Waals surface area contributed by atoms with E-state index in [2.05, 4.69) is 20.8 Å². The second-order valence-corrected chi connectivity index (χ2v) is 9.31. The standard InChI is InChI=1S/C23H29F2N5O2/c24-15-9-18(22(19(25)10-15)32-13-16-1-5-28-29-16)17-11-20(17)27-12-21(31)30-7-3-23(4-8-30)2-6-26-14-23/h1,5,9-10,17,20,26-27H,2-4,6-8,11-14H2,(H,28,29)/t17-,20+/m0/s1. The summed E-state index contributed by atoms with van der Waals surface area (Å²) >= 11 is 0. The van der Waals surface area contributed by atoms with Crippen LogP contribution in [0.1, 0.15) is 42.9 Å². The maximum absolute atomic E-state index is 14.5. The largest absolute Gasteiger partial charge is 0.484 e. The molecule has 172 valence electrons. The third-order valence-electron chi connectivity index (χ3n) is 7.18. The lowest BCUT2D eigenvalue weighted by Crippen LogP contribution is -2.47. The predicted octanol–water partition coefficient (Wildman–Crippen LogP) is 2.31. The van der Waals surface area contributed by atoms with Crippen LogP contribution in [-0.2, 0) is 11.4 Å². The van der Waals surface area contributed by atoms with Gasteiger partial charge in [-0.1, -0.05) is 0 Å². The van der Waals surface area contributed by atoms with E-state index in [1.807, 2.05) is 4.90 Å². The highest BCUT2D eigenvalue weighted by Gasteiger charge is 2.42. The molecule has 2 aromatic rings. The van der Waals surface area contributed by atoms with Gasteiger partial charge >= 0.3 is 0 Å². The van der Waals surface area contributed by atoms with Crippen LogP contribution in [0.3, 0.4) is 0 Å². The van der Waals surface area contributed by atoms with E-state index in [0.717, 1.165) is 45.1 Å². The zero-order valence-corrected chi connectivity index (χ0v) is 18.0. The average Bonchev–Trinajstić information content (AvgIpc) is 3.12. The zero-order chi connectivity index (χ0) is 22.1. The summed E-state index contributed by atoms with van der Waals surface area (Å²) in [5, 5.41) is 13.3. The average molecular weight is 446 g/mol. The fourth-order valence-electron chi connectivity index (χ4n) is 5.07. The number of hydrogen-bond donors (Lipinski definition) is 3. The molecule has 3 fully saturated rings. The molecule has 2 saturated heterocycles. The molecule has 3 N–H and O–H groups in total. The molecule has 0 radical (unpaired) electrons. The van der Waals surface area contributed by atoms with E-state index in [-0.39, 0.29) is 36.8 Å². The molecular weight excluding hydrogens is 416 g/mol. The van der Waals surface area contributed by atoms with Crippen molar-refractivity contribution in [3.63, 3.8) is 0 Å². The van der Waals surface area contributed by atoms with Crippen LogP contribution >= 0.6 is 0 Å². The maximum Gasteiger partial charge on any atom is 0.236 e. The number of aromatic nitrogens is 2. The number of piperidine rings is 1. The Balaban J connectivity index is 1.15. The first kappa shape index (κ1) is 21.3. The molecule has 1 aliphatic carbocycles. The van der Waals surface area contributed by atoms with Gasteiger partial charge in [0.25, 0.3) is 0 Å². The first-order valence-electron chi connectivity index (χ1n) is 11.3. The first-order chi connectivity index (χ1) is 15.5. The highest BCUT2D eigenvalue weighted by Crippen LogP contribution is 2.46. The molecule has 0 unspecified atom stereocenters. The topological polar surface area (TPSA) is 82.3 Å². The number of halogens is 2. The third-order valence-corrected chi connectivity index (χ3v) is 7.18. The van der Waals surface area contributed by atoms with E-state index in [0.29, 0.717) is 23.1 Å². The summed E-state index contributed by atoms with van der Waals surface area (Å²) in [5.74, 6) is -1.27. The van der Waals surface area contributed by atoms with E-state index < -0.39 is 11.6 Å². The number of H-pyrrole nitrogens is 1. The van der Waals surface area contributed by atoms with Crippen molar-refractivity contribution in [3.8, 4) is 5.75 Å². The van der Waals surface area contributed by atoms with Crippen molar-refractivity contribution in [2.75, 3.05) is 32.7 Å². The first-order valence-corrected chi connectivity index (χ1v) is 11.3. The molecule has 1 aromatic carbocycles. The van der Waals surface area contributed by atoms with Gasteiger partial charge in [0.1, 0.15) is 12.4 Å². The summed E-state index contributed by atoms with van der Waals surface area (Å²) < 4.78 is 34.0. The Bertz CT molecular complexity index is 952. The molecule has 3 heterocycles. The molecule has 2 aliphatic heterocycles. The molecular formula is C23H29F2N5O2. The quantitative estimate of drug-likeness (QED) is 0.609. The van der Waals surface area contributed by atoms with Crippen molar-refractivity contribution in [1.82, 2.24) is 25.7 Å². The lowest BCUT2D eigenvalue weighted by molar-refractivity contribution is -0.132. The van der Waals surface area contributed by atoms with E-state index in [1.165, 1.54) is 12.5 Å². The van der Waals surface area contributed by atoms with Crippen LogP contribution in [0.25, 0.3) is 0 Å². The van der Waals surface area contributed by atoms with Gasteiger partial charge in [-0.3, -0.25) is 9.89 Å². The molecule has 0 bridgehead atoms. The van der Waals surface area contributed by atoms with Crippen LogP contribution < -0.4 is 15.4 Å². The van der Waals surface area contributed by atoms with Gasteiger partial charge in [0.05, 0.1) is 12.2 Å². The maximum atomic E-state index is 14.5. The minimum Gasteiger partial charge on any atom is -0.484 e. The molecule has 9 heteroatoms. The van der Waals surface area contributed by atoms with Crippen molar-refractivity contribution in [2.45, 2.75) is 44.2 Å². The number of ether oxygens (including phenoxy) is 1. The van der Waals surface area contributed by atoms with Gasteiger partial charge in [-0.05, 0) is 49.8 Å². The van der Waals surface area contributed by atoms with Crippen molar-refractivity contribution >= 4 is 5.91 Å². The summed E-state index contributed by atoms with van der Waals surface area (Å²) in [5.41, 5.74) is 1.58. The number of carbonyl (C=O) groups is 1. The normalized spacial score (nSPS) is 24.1. The van der Waals surface area contributed by atoms with Crippen LogP contribution in [0.2, 0.25) is 0 Å². The molecule has 2 atom stereocenters. The zero-order valence-electron chi connectivity index (χ0n) is 18.0. The van der Waals surface area contributed by atoms with Crippen LogP contribution in [0, 0.1) is 17.0 Å². The number of aromatic amines is 1. The Labute approximate surface area is 185 Å².